The lowest BCUT2D eigenvalue weighted by Gasteiger charge is -2.24. The fraction of sp³-hybridized carbons (Fsp3) is 0.706. The summed E-state index contributed by atoms with van der Waals surface area (Å²) in [6.45, 7) is 0. The average Bonchev–Trinajstić information content (AvgIpc) is 2.57. The summed E-state index contributed by atoms with van der Waals surface area (Å²) in [4.78, 5) is 20.7. The molecule has 2 N–H and O–H groups in total. The van der Waals surface area contributed by atoms with Gasteiger partial charge in [0.15, 0.2) is 0 Å². The van der Waals surface area contributed by atoms with Gasteiger partial charge >= 0.3 is 0 Å². The van der Waals surface area contributed by atoms with E-state index in [0.29, 0.717) is 17.8 Å². The molecule has 0 aromatic carbocycles. The molecule has 0 radical (unpaired) electrons. The molecule has 2 aliphatic carbocycles. The summed E-state index contributed by atoms with van der Waals surface area (Å²) in [6.07, 6.45) is 13.6. The van der Waals surface area contributed by atoms with E-state index in [1.54, 1.807) is 6.07 Å². The zero-order valence-electron chi connectivity index (χ0n) is 13.2. The number of rotatable bonds is 4. The van der Waals surface area contributed by atoms with E-state index in [1.807, 2.05) is 0 Å². The third-order valence-corrected chi connectivity index (χ3v) is 4.80. The molecular weight excluding hydrogens is 276 g/mol. The second kappa shape index (κ2) is 7.56. The molecule has 5 nitrogen and oxygen atoms in total. The van der Waals surface area contributed by atoms with Crippen LogP contribution in [0, 0.1) is 0 Å². The molecule has 0 unspecified atom stereocenters. The average molecular weight is 302 g/mol. The van der Waals surface area contributed by atoms with Crippen LogP contribution in [0.5, 0.6) is 0 Å². The summed E-state index contributed by atoms with van der Waals surface area (Å²) in [5.41, 5.74) is 0.471. The number of carbonyl (C=O) groups excluding carboxylic acids is 1. The Labute approximate surface area is 132 Å². The first-order valence-electron chi connectivity index (χ1n) is 8.71. The maximum Gasteiger partial charge on any atom is 0.270 e. The van der Waals surface area contributed by atoms with Crippen molar-refractivity contribution in [1.82, 2.24) is 15.3 Å². The Balaban J connectivity index is 1.58. The molecule has 0 atom stereocenters. The van der Waals surface area contributed by atoms with Gasteiger partial charge in [-0.2, -0.15) is 0 Å². The monoisotopic (exact) mass is 302 g/mol. The van der Waals surface area contributed by atoms with Crippen molar-refractivity contribution in [3.05, 3.63) is 18.1 Å². The van der Waals surface area contributed by atoms with Gasteiger partial charge in [0, 0.05) is 18.2 Å². The van der Waals surface area contributed by atoms with E-state index in [4.69, 9.17) is 0 Å². The SMILES string of the molecule is O=C(NC1CCCCC1)c1cc(NC2CCCCC2)ncn1. The molecule has 1 aromatic heterocycles. The summed E-state index contributed by atoms with van der Waals surface area (Å²) in [5, 5.41) is 6.56. The third kappa shape index (κ3) is 4.18. The molecular formula is C17H26N4O. The molecule has 2 saturated carbocycles. The van der Waals surface area contributed by atoms with Crippen molar-refractivity contribution in [3.8, 4) is 0 Å². The van der Waals surface area contributed by atoms with Gasteiger partial charge in [0.2, 0.25) is 0 Å². The van der Waals surface area contributed by atoms with E-state index < -0.39 is 0 Å². The predicted octanol–water partition coefficient (Wildman–Crippen LogP) is 3.28. The van der Waals surface area contributed by atoms with Gasteiger partial charge in [-0.1, -0.05) is 38.5 Å². The molecule has 5 heteroatoms. The Hall–Kier alpha value is -1.65. The lowest BCUT2D eigenvalue weighted by atomic mass is 9.95. The molecule has 0 aliphatic heterocycles. The number of hydrogen-bond acceptors (Lipinski definition) is 4. The Kier molecular flexibility index (Phi) is 5.24. The summed E-state index contributed by atoms with van der Waals surface area (Å²) in [6, 6.07) is 2.58. The highest BCUT2D eigenvalue weighted by Gasteiger charge is 2.18. The molecule has 2 aliphatic rings. The molecule has 1 amide bonds. The fourth-order valence-corrected chi connectivity index (χ4v) is 3.52. The van der Waals surface area contributed by atoms with Gasteiger partial charge in [0.05, 0.1) is 0 Å². The van der Waals surface area contributed by atoms with Gasteiger partial charge in [0.1, 0.15) is 17.8 Å². The molecule has 0 saturated heterocycles. The van der Waals surface area contributed by atoms with Crippen molar-refractivity contribution in [2.75, 3.05) is 5.32 Å². The van der Waals surface area contributed by atoms with Crippen LogP contribution >= 0.6 is 0 Å². The maximum atomic E-state index is 12.3. The first-order chi connectivity index (χ1) is 10.8. The minimum Gasteiger partial charge on any atom is -0.367 e. The van der Waals surface area contributed by atoms with Crippen molar-refractivity contribution >= 4 is 11.7 Å². The molecule has 1 aromatic rings. The van der Waals surface area contributed by atoms with Crippen LogP contribution in [-0.2, 0) is 0 Å². The van der Waals surface area contributed by atoms with E-state index in [-0.39, 0.29) is 5.91 Å². The molecule has 0 spiro atoms. The van der Waals surface area contributed by atoms with Crippen molar-refractivity contribution in [3.63, 3.8) is 0 Å². The number of aromatic nitrogens is 2. The van der Waals surface area contributed by atoms with Gasteiger partial charge in [-0.3, -0.25) is 4.79 Å². The van der Waals surface area contributed by atoms with Crippen LogP contribution in [0.25, 0.3) is 0 Å². The zero-order valence-corrected chi connectivity index (χ0v) is 13.2. The summed E-state index contributed by atoms with van der Waals surface area (Å²) in [5.74, 6) is 0.705. The fourth-order valence-electron chi connectivity index (χ4n) is 3.52. The van der Waals surface area contributed by atoms with Crippen molar-refractivity contribution < 1.29 is 4.79 Å². The van der Waals surface area contributed by atoms with Gasteiger partial charge in [-0.05, 0) is 25.7 Å². The highest BCUT2D eigenvalue weighted by molar-refractivity contribution is 5.93. The summed E-state index contributed by atoms with van der Waals surface area (Å²) >= 11 is 0. The van der Waals surface area contributed by atoms with Gasteiger partial charge in [0.25, 0.3) is 5.91 Å². The van der Waals surface area contributed by atoms with Gasteiger partial charge in [-0.15, -0.1) is 0 Å². The lowest BCUT2D eigenvalue weighted by molar-refractivity contribution is 0.0922. The number of nitrogens with zero attached hydrogens (tertiary/aromatic N) is 2. The standard InChI is InChI=1S/C17H26N4O/c22-17(21-14-9-5-2-6-10-14)15-11-16(19-12-18-15)20-13-7-3-1-4-8-13/h11-14H,1-10H2,(H,21,22)(H,18,19,20). The van der Waals surface area contributed by atoms with Crippen LogP contribution in [0.15, 0.2) is 12.4 Å². The minimum atomic E-state index is -0.0685. The van der Waals surface area contributed by atoms with E-state index in [2.05, 4.69) is 20.6 Å². The second-order valence-electron chi connectivity index (χ2n) is 6.58. The van der Waals surface area contributed by atoms with Crippen LogP contribution < -0.4 is 10.6 Å². The molecule has 2 fully saturated rings. The molecule has 3 rings (SSSR count). The first kappa shape index (κ1) is 15.3. The molecule has 1 heterocycles. The first-order valence-corrected chi connectivity index (χ1v) is 8.71. The topological polar surface area (TPSA) is 66.9 Å². The minimum absolute atomic E-state index is 0.0685. The Morgan fingerprint density at radius 2 is 1.55 bits per heavy atom. The molecule has 0 bridgehead atoms. The highest BCUT2D eigenvalue weighted by atomic mass is 16.1. The highest BCUT2D eigenvalue weighted by Crippen LogP contribution is 2.21. The van der Waals surface area contributed by atoms with Crippen LogP contribution in [0.2, 0.25) is 0 Å². The number of nitrogens with one attached hydrogen (secondary N) is 2. The molecule has 22 heavy (non-hydrogen) atoms. The van der Waals surface area contributed by atoms with E-state index in [1.165, 1.54) is 57.7 Å². The largest absolute Gasteiger partial charge is 0.367 e. The predicted molar refractivity (Wildman–Crippen MR) is 86.9 cm³/mol. The molecule has 120 valence electrons. The van der Waals surface area contributed by atoms with E-state index in [9.17, 15) is 4.79 Å². The van der Waals surface area contributed by atoms with Crippen LogP contribution in [0.1, 0.15) is 74.7 Å². The van der Waals surface area contributed by atoms with E-state index in [0.717, 1.165) is 18.7 Å². The normalized spacial score (nSPS) is 20.5. The lowest BCUT2D eigenvalue weighted by Crippen LogP contribution is -2.36. The van der Waals surface area contributed by atoms with E-state index >= 15 is 0 Å². The number of amides is 1. The number of anilines is 1. The van der Waals surface area contributed by atoms with Crippen LogP contribution in [0.3, 0.4) is 0 Å². The van der Waals surface area contributed by atoms with Crippen molar-refractivity contribution in [2.45, 2.75) is 76.3 Å². The van der Waals surface area contributed by atoms with Gasteiger partial charge in [-0.25, -0.2) is 9.97 Å². The van der Waals surface area contributed by atoms with Crippen LogP contribution in [0.4, 0.5) is 5.82 Å². The smallest absolute Gasteiger partial charge is 0.270 e. The Bertz CT molecular complexity index is 493. The maximum absolute atomic E-state index is 12.3. The van der Waals surface area contributed by atoms with Gasteiger partial charge < -0.3 is 10.6 Å². The van der Waals surface area contributed by atoms with Crippen molar-refractivity contribution in [1.29, 1.82) is 0 Å². The Morgan fingerprint density at radius 3 is 2.23 bits per heavy atom. The zero-order chi connectivity index (χ0) is 15.2. The summed E-state index contributed by atoms with van der Waals surface area (Å²) < 4.78 is 0. The van der Waals surface area contributed by atoms with Crippen molar-refractivity contribution in [2.24, 2.45) is 0 Å². The third-order valence-electron chi connectivity index (χ3n) is 4.80. The number of hydrogen-bond donors (Lipinski definition) is 2. The number of carbonyl (C=O) groups is 1. The second-order valence-corrected chi connectivity index (χ2v) is 6.58. The Morgan fingerprint density at radius 1 is 0.909 bits per heavy atom. The quantitative estimate of drug-likeness (QED) is 0.895. The van der Waals surface area contributed by atoms with Crippen LogP contribution in [-0.4, -0.2) is 28.0 Å². The summed E-state index contributed by atoms with van der Waals surface area (Å²) in [7, 11) is 0.